The Balaban J connectivity index is 2.05. The van der Waals surface area contributed by atoms with Gasteiger partial charge in [-0.25, -0.2) is 8.42 Å². The number of aryl methyl sites for hydroxylation is 2. The van der Waals surface area contributed by atoms with Crippen LogP contribution in [0.1, 0.15) is 23.6 Å². The SMILES string of the molecule is CNC(=O)[C@H](C)N(Cc1ccc(OC)cc1)C(=O)CN(c1ccc(Cl)cc1C)S(=O)(=O)c1ccc(C)cc1. The number of hydrogen-bond acceptors (Lipinski definition) is 5. The molecule has 0 unspecified atom stereocenters. The number of sulfonamides is 1. The van der Waals surface area contributed by atoms with E-state index in [1.807, 2.05) is 6.92 Å². The van der Waals surface area contributed by atoms with Crippen LogP contribution >= 0.6 is 11.6 Å². The standard InChI is InChI=1S/C28H32ClN3O5S/c1-19-6-13-25(14-7-19)38(35,36)32(26-15-10-23(29)16-20(26)2)18-27(33)31(21(3)28(34)30-4)17-22-8-11-24(37-5)12-9-22/h6-16,21H,17-18H2,1-5H3,(H,30,34)/t21-/m0/s1. The summed E-state index contributed by atoms with van der Waals surface area (Å²) in [6.07, 6.45) is 0. The number of likely N-dealkylation sites (N-methyl/N-ethyl adjacent to an activating group) is 1. The molecule has 2 amide bonds. The zero-order chi connectivity index (χ0) is 28.0. The summed E-state index contributed by atoms with van der Waals surface area (Å²) in [5, 5.41) is 3.01. The van der Waals surface area contributed by atoms with Crippen molar-refractivity contribution in [1.29, 1.82) is 0 Å². The summed E-state index contributed by atoms with van der Waals surface area (Å²) in [4.78, 5) is 27.8. The largest absolute Gasteiger partial charge is 0.497 e. The van der Waals surface area contributed by atoms with Crippen LogP contribution in [0.4, 0.5) is 5.69 Å². The lowest BCUT2D eigenvalue weighted by Gasteiger charge is -2.32. The lowest BCUT2D eigenvalue weighted by molar-refractivity contribution is -0.139. The highest BCUT2D eigenvalue weighted by Gasteiger charge is 2.33. The zero-order valence-electron chi connectivity index (χ0n) is 22.1. The first-order chi connectivity index (χ1) is 18.0. The molecule has 3 aromatic carbocycles. The van der Waals surface area contributed by atoms with E-state index < -0.39 is 28.5 Å². The minimum atomic E-state index is -4.14. The van der Waals surface area contributed by atoms with Gasteiger partial charge in [-0.15, -0.1) is 0 Å². The van der Waals surface area contributed by atoms with Crippen molar-refractivity contribution in [2.24, 2.45) is 0 Å². The summed E-state index contributed by atoms with van der Waals surface area (Å²) in [6, 6.07) is 17.5. The molecule has 0 fully saturated rings. The molecule has 3 rings (SSSR count). The molecule has 1 atom stereocenters. The second-order valence-electron chi connectivity index (χ2n) is 8.92. The Bertz CT molecular complexity index is 1390. The van der Waals surface area contributed by atoms with Crippen molar-refractivity contribution in [1.82, 2.24) is 10.2 Å². The topological polar surface area (TPSA) is 96.0 Å². The van der Waals surface area contributed by atoms with Gasteiger partial charge in [-0.3, -0.25) is 13.9 Å². The first-order valence-corrected chi connectivity index (χ1v) is 13.8. The van der Waals surface area contributed by atoms with E-state index in [1.54, 1.807) is 75.6 Å². The summed E-state index contributed by atoms with van der Waals surface area (Å²) in [5.41, 5.74) is 2.56. The molecule has 0 saturated heterocycles. The van der Waals surface area contributed by atoms with E-state index in [-0.39, 0.29) is 17.3 Å². The van der Waals surface area contributed by atoms with Crippen molar-refractivity contribution in [2.45, 2.75) is 38.3 Å². The van der Waals surface area contributed by atoms with Crippen molar-refractivity contribution in [3.05, 3.63) is 88.4 Å². The Hall–Kier alpha value is -3.56. The summed E-state index contributed by atoms with van der Waals surface area (Å²) < 4.78 is 34.0. The van der Waals surface area contributed by atoms with E-state index in [9.17, 15) is 18.0 Å². The van der Waals surface area contributed by atoms with Crippen LogP contribution in [-0.2, 0) is 26.2 Å². The van der Waals surface area contributed by atoms with Crippen molar-refractivity contribution in [3.63, 3.8) is 0 Å². The van der Waals surface area contributed by atoms with Crippen LogP contribution < -0.4 is 14.4 Å². The van der Waals surface area contributed by atoms with Crippen LogP contribution in [0.15, 0.2) is 71.6 Å². The molecule has 1 N–H and O–H groups in total. The number of carbonyl (C=O) groups is 2. The minimum absolute atomic E-state index is 0.0475. The third-order valence-corrected chi connectivity index (χ3v) is 8.25. The molecule has 0 radical (unpaired) electrons. The number of amides is 2. The molecular formula is C28H32ClN3O5S. The van der Waals surface area contributed by atoms with Crippen molar-refractivity contribution in [2.75, 3.05) is 25.0 Å². The number of hydrogen-bond donors (Lipinski definition) is 1. The van der Waals surface area contributed by atoms with E-state index in [0.29, 0.717) is 22.0 Å². The van der Waals surface area contributed by atoms with Gasteiger partial charge in [-0.1, -0.05) is 41.4 Å². The zero-order valence-corrected chi connectivity index (χ0v) is 23.6. The predicted molar refractivity (Wildman–Crippen MR) is 149 cm³/mol. The average Bonchev–Trinajstić information content (AvgIpc) is 2.90. The minimum Gasteiger partial charge on any atom is -0.497 e. The van der Waals surface area contributed by atoms with E-state index in [2.05, 4.69) is 5.32 Å². The molecule has 38 heavy (non-hydrogen) atoms. The highest BCUT2D eigenvalue weighted by atomic mass is 35.5. The monoisotopic (exact) mass is 557 g/mol. The summed E-state index contributed by atoms with van der Waals surface area (Å²) in [6.45, 7) is 4.77. The molecule has 202 valence electrons. The number of anilines is 1. The highest BCUT2D eigenvalue weighted by molar-refractivity contribution is 7.92. The smallest absolute Gasteiger partial charge is 0.264 e. The lowest BCUT2D eigenvalue weighted by atomic mass is 10.1. The van der Waals surface area contributed by atoms with Crippen molar-refractivity contribution >= 4 is 39.1 Å². The predicted octanol–water partition coefficient (Wildman–Crippen LogP) is 4.32. The Labute approximate surface area is 229 Å². The quantitative estimate of drug-likeness (QED) is 0.400. The maximum Gasteiger partial charge on any atom is 0.264 e. The molecule has 0 aliphatic heterocycles. The third kappa shape index (κ3) is 6.65. The molecular weight excluding hydrogens is 526 g/mol. The Kier molecular flexibility index (Phi) is 9.40. The van der Waals surface area contributed by atoms with Gasteiger partial charge in [0.1, 0.15) is 18.3 Å². The van der Waals surface area contributed by atoms with Crippen LogP contribution in [0.5, 0.6) is 5.75 Å². The summed E-state index contributed by atoms with van der Waals surface area (Å²) in [5.74, 6) is -0.260. The van der Waals surface area contributed by atoms with Crippen molar-refractivity contribution < 1.29 is 22.7 Å². The Morgan fingerprint density at radius 3 is 2.18 bits per heavy atom. The van der Waals surface area contributed by atoms with Crippen LogP contribution in [0.3, 0.4) is 0 Å². The molecule has 10 heteroatoms. The van der Waals surface area contributed by atoms with E-state index in [4.69, 9.17) is 16.3 Å². The van der Waals surface area contributed by atoms with Crippen LogP contribution in [-0.4, -0.2) is 51.9 Å². The molecule has 0 aliphatic carbocycles. The number of halogens is 1. The first-order valence-electron chi connectivity index (χ1n) is 12.0. The fourth-order valence-corrected chi connectivity index (χ4v) is 5.67. The number of benzene rings is 3. The number of nitrogens with one attached hydrogen (secondary N) is 1. The highest BCUT2D eigenvalue weighted by Crippen LogP contribution is 2.29. The van der Waals surface area contributed by atoms with Gasteiger partial charge >= 0.3 is 0 Å². The number of nitrogens with zero attached hydrogens (tertiary/aromatic N) is 2. The van der Waals surface area contributed by atoms with Crippen LogP contribution in [0, 0.1) is 13.8 Å². The third-order valence-electron chi connectivity index (χ3n) is 6.24. The molecule has 3 aromatic rings. The lowest BCUT2D eigenvalue weighted by Crippen LogP contribution is -2.50. The molecule has 0 bridgehead atoms. The second-order valence-corrected chi connectivity index (χ2v) is 11.2. The van der Waals surface area contributed by atoms with E-state index >= 15 is 0 Å². The van der Waals surface area contributed by atoms with Gasteiger partial charge in [0.2, 0.25) is 11.8 Å². The molecule has 0 aromatic heterocycles. The summed E-state index contributed by atoms with van der Waals surface area (Å²) >= 11 is 6.13. The van der Waals surface area contributed by atoms with Gasteiger partial charge in [-0.2, -0.15) is 0 Å². The molecule has 0 aliphatic rings. The summed E-state index contributed by atoms with van der Waals surface area (Å²) in [7, 11) is -1.10. The first kappa shape index (κ1) is 29.0. The number of carbonyl (C=O) groups excluding carboxylic acids is 2. The number of ether oxygens (including phenoxy) is 1. The van der Waals surface area contributed by atoms with Crippen molar-refractivity contribution in [3.8, 4) is 5.75 Å². The van der Waals surface area contributed by atoms with E-state index in [1.165, 1.54) is 24.1 Å². The van der Waals surface area contributed by atoms with Crippen LogP contribution in [0.2, 0.25) is 5.02 Å². The number of methoxy groups -OCH3 is 1. The van der Waals surface area contributed by atoms with Gasteiger partial charge in [0.25, 0.3) is 10.0 Å². The second kappa shape index (κ2) is 12.3. The van der Waals surface area contributed by atoms with E-state index in [0.717, 1.165) is 15.4 Å². The van der Waals surface area contributed by atoms with Crippen LogP contribution in [0.25, 0.3) is 0 Å². The fourth-order valence-electron chi connectivity index (χ4n) is 3.97. The van der Waals surface area contributed by atoms with Gasteiger partial charge in [0.05, 0.1) is 17.7 Å². The Morgan fingerprint density at radius 2 is 1.63 bits per heavy atom. The maximum atomic E-state index is 13.9. The molecule has 0 saturated carbocycles. The fraction of sp³-hybridized carbons (Fsp3) is 0.286. The molecule has 8 nitrogen and oxygen atoms in total. The average molecular weight is 558 g/mol. The normalized spacial score (nSPS) is 11.9. The van der Waals surface area contributed by atoms with Gasteiger partial charge in [-0.05, 0) is 74.4 Å². The maximum absolute atomic E-state index is 13.9. The van der Waals surface area contributed by atoms with Gasteiger partial charge in [0, 0.05) is 18.6 Å². The molecule has 0 spiro atoms. The van der Waals surface area contributed by atoms with Gasteiger partial charge < -0.3 is 15.0 Å². The van der Waals surface area contributed by atoms with Gasteiger partial charge in [0.15, 0.2) is 0 Å². The Morgan fingerprint density at radius 1 is 1.00 bits per heavy atom. The number of rotatable bonds is 10. The molecule has 0 heterocycles.